The van der Waals surface area contributed by atoms with Gasteiger partial charge >= 0.3 is 0 Å². The highest BCUT2D eigenvalue weighted by Gasteiger charge is 2.23. The fraction of sp³-hybridized carbons (Fsp3) is 0.444. The van der Waals surface area contributed by atoms with Crippen LogP contribution in [0, 0.1) is 5.92 Å². The van der Waals surface area contributed by atoms with Crippen LogP contribution in [0.5, 0.6) is 0 Å². The molecule has 1 aliphatic rings. The number of hydrogen-bond donors (Lipinski definition) is 1. The van der Waals surface area contributed by atoms with Crippen molar-refractivity contribution in [3.8, 4) is 0 Å². The Bertz CT molecular complexity index is 572. The van der Waals surface area contributed by atoms with Gasteiger partial charge in [-0.1, -0.05) is 36.4 Å². The maximum absolute atomic E-state index is 9.23. The summed E-state index contributed by atoms with van der Waals surface area (Å²) >= 11 is 0. The third-order valence-corrected chi connectivity index (χ3v) is 4.71. The normalized spacial score (nSPS) is 19.3. The first-order chi connectivity index (χ1) is 9.78. The zero-order valence-corrected chi connectivity index (χ0v) is 12.1. The zero-order chi connectivity index (χ0) is 13.9. The highest BCUT2D eigenvalue weighted by atomic mass is 16.3. The predicted octanol–water partition coefficient (Wildman–Crippen LogP) is 3.61. The van der Waals surface area contributed by atoms with E-state index in [2.05, 4.69) is 54.3 Å². The van der Waals surface area contributed by atoms with Gasteiger partial charge in [0.25, 0.3) is 0 Å². The van der Waals surface area contributed by atoms with Crippen LogP contribution in [-0.2, 0) is 0 Å². The standard InChI is InChI=1S/C18H23NO/c1-14(19-10-8-15(13-20)9-11-19)17-7-6-16-4-2-3-5-18(16)12-17/h2-7,12,14-15,20H,8-11,13H2,1H3. The summed E-state index contributed by atoms with van der Waals surface area (Å²) in [6, 6.07) is 15.8. The fourth-order valence-electron chi connectivity index (χ4n) is 3.20. The second-order valence-electron chi connectivity index (χ2n) is 5.94. The lowest BCUT2D eigenvalue weighted by molar-refractivity contribution is 0.106. The molecule has 20 heavy (non-hydrogen) atoms. The van der Waals surface area contributed by atoms with Gasteiger partial charge in [0.1, 0.15) is 0 Å². The molecule has 1 N–H and O–H groups in total. The van der Waals surface area contributed by atoms with Crippen LogP contribution in [0.1, 0.15) is 31.4 Å². The molecule has 1 fully saturated rings. The topological polar surface area (TPSA) is 23.5 Å². The minimum atomic E-state index is 0.345. The molecule has 2 aromatic carbocycles. The van der Waals surface area contributed by atoms with Gasteiger partial charge < -0.3 is 5.11 Å². The van der Waals surface area contributed by atoms with Crippen molar-refractivity contribution in [2.24, 2.45) is 5.92 Å². The highest BCUT2D eigenvalue weighted by Crippen LogP contribution is 2.28. The van der Waals surface area contributed by atoms with E-state index >= 15 is 0 Å². The van der Waals surface area contributed by atoms with Crippen molar-refractivity contribution in [2.75, 3.05) is 19.7 Å². The van der Waals surface area contributed by atoms with Crippen LogP contribution >= 0.6 is 0 Å². The van der Waals surface area contributed by atoms with E-state index < -0.39 is 0 Å². The molecule has 0 radical (unpaired) electrons. The Labute approximate surface area is 121 Å². The molecule has 1 heterocycles. The number of fused-ring (bicyclic) bond motifs is 1. The predicted molar refractivity (Wildman–Crippen MR) is 83.7 cm³/mol. The number of rotatable bonds is 3. The quantitative estimate of drug-likeness (QED) is 0.920. The number of aliphatic hydroxyl groups excluding tert-OH is 1. The summed E-state index contributed by atoms with van der Waals surface area (Å²) in [5.74, 6) is 0.509. The van der Waals surface area contributed by atoms with E-state index in [1.807, 2.05) is 0 Å². The van der Waals surface area contributed by atoms with Crippen LogP contribution in [0.4, 0.5) is 0 Å². The van der Waals surface area contributed by atoms with Crippen molar-refractivity contribution in [2.45, 2.75) is 25.8 Å². The van der Waals surface area contributed by atoms with E-state index in [1.165, 1.54) is 16.3 Å². The summed E-state index contributed by atoms with van der Waals surface area (Å²) in [5, 5.41) is 11.9. The first kappa shape index (κ1) is 13.6. The molecule has 1 atom stereocenters. The first-order valence-corrected chi connectivity index (χ1v) is 7.61. The van der Waals surface area contributed by atoms with Crippen molar-refractivity contribution in [3.05, 3.63) is 48.0 Å². The number of nitrogens with zero attached hydrogens (tertiary/aromatic N) is 1. The van der Waals surface area contributed by atoms with Gasteiger partial charge in [0.05, 0.1) is 0 Å². The molecule has 3 rings (SSSR count). The molecule has 2 heteroatoms. The summed E-state index contributed by atoms with van der Waals surface area (Å²) in [6.45, 7) is 4.83. The maximum Gasteiger partial charge on any atom is 0.0460 e. The smallest absolute Gasteiger partial charge is 0.0460 e. The van der Waals surface area contributed by atoms with Crippen LogP contribution in [0.2, 0.25) is 0 Å². The molecule has 1 saturated heterocycles. The second-order valence-corrected chi connectivity index (χ2v) is 5.94. The highest BCUT2D eigenvalue weighted by molar-refractivity contribution is 5.83. The molecule has 106 valence electrons. The van der Waals surface area contributed by atoms with Crippen LogP contribution in [0.25, 0.3) is 10.8 Å². The van der Waals surface area contributed by atoms with Gasteiger partial charge in [0.2, 0.25) is 0 Å². The molecule has 0 aromatic heterocycles. The Morgan fingerprint density at radius 3 is 2.50 bits per heavy atom. The molecule has 0 saturated carbocycles. The lowest BCUT2D eigenvalue weighted by Gasteiger charge is -2.35. The van der Waals surface area contributed by atoms with Crippen molar-refractivity contribution in [1.82, 2.24) is 4.90 Å². The molecule has 1 aliphatic heterocycles. The summed E-state index contributed by atoms with van der Waals surface area (Å²) in [7, 11) is 0. The van der Waals surface area contributed by atoms with Crippen molar-refractivity contribution in [3.63, 3.8) is 0 Å². The SMILES string of the molecule is CC(c1ccc2ccccc2c1)N1CCC(CO)CC1. The number of piperidine rings is 1. The third kappa shape index (κ3) is 2.72. The number of aliphatic hydroxyl groups is 1. The van der Waals surface area contributed by atoms with Crippen LogP contribution in [-0.4, -0.2) is 29.7 Å². The van der Waals surface area contributed by atoms with Gasteiger partial charge in [-0.15, -0.1) is 0 Å². The van der Waals surface area contributed by atoms with Crippen LogP contribution in [0.15, 0.2) is 42.5 Å². The molecule has 0 bridgehead atoms. The molecule has 2 aromatic rings. The van der Waals surface area contributed by atoms with Crippen LogP contribution < -0.4 is 0 Å². The monoisotopic (exact) mass is 269 g/mol. The van der Waals surface area contributed by atoms with Gasteiger partial charge in [0.15, 0.2) is 0 Å². The molecular formula is C18H23NO. The summed E-state index contributed by atoms with van der Waals surface area (Å²) in [4.78, 5) is 2.54. The summed E-state index contributed by atoms with van der Waals surface area (Å²) in [5.41, 5.74) is 1.39. The van der Waals surface area contributed by atoms with Gasteiger partial charge in [-0.25, -0.2) is 0 Å². The Morgan fingerprint density at radius 2 is 1.80 bits per heavy atom. The van der Waals surface area contributed by atoms with E-state index in [0.717, 1.165) is 25.9 Å². The Hall–Kier alpha value is -1.38. The number of benzene rings is 2. The minimum absolute atomic E-state index is 0.345. The fourth-order valence-corrected chi connectivity index (χ4v) is 3.20. The molecule has 0 amide bonds. The molecule has 0 aliphatic carbocycles. The van der Waals surface area contributed by atoms with Gasteiger partial charge in [-0.2, -0.15) is 0 Å². The Morgan fingerprint density at radius 1 is 1.10 bits per heavy atom. The first-order valence-electron chi connectivity index (χ1n) is 7.61. The average molecular weight is 269 g/mol. The molecule has 2 nitrogen and oxygen atoms in total. The van der Waals surface area contributed by atoms with E-state index in [9.17, 15) is 5.11 Å². The maximum atomic E-state index is 9.23. The van der Waals surface area contributed by atoms with Crippen molar-refractivity contribution in [1.29, 1.82) is 0 Å². The molecule has 0 spiro atoms. The summed E-state index contributed by atoms with van der Waals surface area (Å²) in [6.07, 6.45) is 2.24. The lowest BCUT2D eigenvalue weighted by atomic mass is 9.95. The Balaban J connectivity index is 1.77. The van der Waals surface area contributed by atoms with Crippen molar-refractivity contribution < 1.29 is 5.11 Å². The summed E-state index contributed by atoms with van der Waals surface area (Å²) < 4.78 is 0. The largest absolute Gasteiger partial charge is 0.396 e. The van der Waals surface area contributed by atoms with Crippen molar-refractivity contribution >= 4 is 10.8 Å². The van der Waals surface area contributed by atoms with E-state index in [1.54, 1.807) is 0 Å². The van der Waals surface area contributed by atoms with E-state index in [0.29, 0.717) is 18.6 Å². The van der Waals surface area contributed by atoms with Gasteiger partial charge in [-0.05, 0) is 61.2 Å². The molecule has 1 unspecified atom stereocenters. The van der Waals surface area contributed by atoms with E-state index in [-0.39, 0.29) is 0 Å². The Kier molecular flexibility index (Phi) is 4.04. The van der Waals surface area contributed by atoms with Gasteiger partial charge in [-0.3, -0.25) is 4.90 Å². The number of hydrogen-bond acceptors (Lipinski definition) is 2. The molecular weight excluding hydrogens is 246 g/mol. The third-order valence-electron chi connectivity index (χ3n) is 4.71. The van der Waals surface area contributed by atoms with Crippen LogP contribution in [0.3, 0.4) is 0 Å². The number of likely N-dealkylation sites (tertiary alicyclic amines) is 1. The second kappa shape index (κ2) is 5.94. The lowest BCUT2D eigenvalue weighted by Crippen LogP contribution is -2.36. The van der Waals surface area contributed by atoms with Gasteiger partial charge in [0, 0.05) is 12.6 Å². The van der Waals surface area contributed by atoms with E-state index in [4.69, 9.17) is 0 Å². The minimum Gasteiger partial charge on any atom is -0.396 e. The average Bonchev–Trinajstić information content (AvgIpc) is 2.54. The zero-order valence-electron chi connectivity index (χ0n) is 12.1.